The van der Waals surface area contributed by atoms with E-state index < -0.39 is 11.4 Å². The molecule has 1 atom stereocenters. The molecule has 0 bridgehead atoms. The Labute approximate surface area is 95.0 Å². The van der Waals surface area contributed by atoms with E-state index in [-0.39, 0.29) is 0 Å². The van der Waals surface area contributed by atoms with Gasteiger partial charge in [0, 0.05) is 13.7 Å². The molecule has 0 radical (unpaired) electrons. The van der Waals surface area contributed by atoms with Gasteiger partial charge in [-0.2, -0.15) is 0 Å². The third-order valence-corrected chi connectivity index (χ3v) is 3.50. The summed E-state index contributed by atoms with van der Waals surface area (Å²) in [6.07, 6.45) is 2.09. The van der Waals surface area contributed by atoms with Crippen LogP contribution in [0.2, 0.25) is 0 Å². The van der Waals surface area contributed by atoms with E-state index in [1.165, 1.54) is 5.56 Å². The largest absolute Gasteiger partial charge is 0.481 e. The van der Waals surface area contributed by atoms with Crippen LogP contribution in [0.3, 0.4) is 0 Å². The molecule has 0 saturated carbocycles. The Morgan fingerprint density at radius 1 is 1.50 bits per heavy atom. The second-order valence-electron chi connectivity index (χ2n) is 4.29. The summed E-state index contributed by atoms with van der Waals surface area (Å²) in [7, 11) is 1.61. The molecule has 1 aliphatic carbocycles. The van der Waals surface area contributed by atoms with E-state index in [0.717, 1.165) is 12.0 Å². The van der Waals surface area contributed by atoms with Crippen LogP contribution in [0.5, 0.6) is 0 Å². The summed E-state index contributed by atoms with van der Waals surface area (Å²) in [6, 6.07) is 7.83. The van der Waals surface area contributed by atoms with Crippen LogP contribution in [-0.4, -0.2) is 24.8 Å². The number of benzene rings is 1. The zero-order valence-corrected chi connectivity index (χ0v) is 9.40. The van der Waals surface area contributed by atoms with Gasteiger partial charge in [-0.15, -0.1) is 0 Å². The normalized spacial score (nSPS) is 23.1. The van der Waals surface area contributed by atoms with Crippen molar-refractivity contribution in [3.63, 3.8) is 0 Å². The number of hydrogen-bond donors (Lipinski definition) is 1. The van der Waals surface area contributed by atoms with Crippen LogP contribution in [0.15, 0.2) is 24.3 Å². The SMILES string of the molecule is COCCC1(C(=O)O)CCc2ccccc21. The van der Waals surface area contributed by atoms with Gasteiger partial charge in [0.05, 0.1) is 5.41 Å². The number of aliphatic carboxylic acids is 1. The summed E-state index contributed by atoms with van der Waals surface area (Å²) in [6.45, 7) is 0.487. The molecule has 16 heavy (non-hydrogen) atoms. The molecule has 0 spiro atoms. The average molecular weight is 220 g/mol. The first-order valence-electron chi connectivity index (χ1n) is 5.51. The quantitative estimate of drug-likeness (QED) is 0.844. The minimum atomic E-state index is -0.730. The summed E-state index contributed by atoms with van der Waals surface area (Å²) in [5.41, 5.74) is 1.41. The van der Waals surface area contributed by atoms with Crippen LogP contribution in [-0.2, 0) is 21.4 Å². The second-order valence-corrected chi connectivity index (χ2v) is 4.29. The van der Waals surface area contributed by atoms with E-state index in [1.54, 1.807) is 7.11 Å². The maximum atomic E-state index is 11.5. The molecule has 0 amide bonds. The zero-order chi connectivity index (χ0) is 11.6. The Bertz CT molecular complexity index is 400. The molecule has 3 heteroatoms. The highest BCUT2D eigenvalue weighted by molar-refractivity contribution is 5.83. The van der Waals surface area contributed by atoms with Gasteiger partial charge in [0.2, 0.25) is 0 Å². The first-order chi connectivity index (χ1) is 7.70. The molecular weight excluding hydrogens is 204 g/mol. The van der Waals surface area contributed by atoms with Crippen LogP contribution in [0.4, 0.5) is 0 Å². The molecule has 0 aliphatic heterocycles. The predicted octanol–water partition coefficient (Wildman–Crippen LogP) is 1.99. The third-order valence-electron chi connectivity index (χ3n) is 3.50. The fraction of sp³-hybridized carbons (Fsp3) is 0.462. The van der Waals surface area contributed by atoms with Crippen molar-refractivity contribution >= 4 is 5.97 Å². The molecule has 1 N–H and O–H groups in total. The van der Waals surface area contributed by atoms with Gasteiger partial charge in [-0.1, -0.05) is 24.3 Å². The second kappa shape index (κ2) is 4.26. The summed E-state index contributed by atoms with van der Waals surface area (Å²) in [5.74, 6) is -0.727. The Morgan fingerprint density at radius 2 is 2.25 bits per heavy atom. The molecule has 0 heterocycles. The molecule has 1 aliphatic rings. The molecule has 1 aromatic carbocycles. The van der Waals surface area contributed by atoms with E-state index in [4.69, 9.17) is 4.74 Å². The van der Waals surface area contributed by atoms with E-state index in [2.05, 4.69) is 0 Å². The van der Waals surface area contributed by atoms with E-state index >= 15 is 0 Å². The standard InChI is InChI=1S/C13H16O3/c1-16-9-8-13(12(14)15)7-6-10-4-2-3-5-11(10)13/h2-5H,6-9H2,1H3,(H,14,15). The number of hydrogen-bond acceptors (Lipinski definition) is 2. The molecular formula is C13H16O3. The van der Waals surface area contributed by atoms with Gasteiger partial charge >= 0.3 is 5.97 Å². The molecule has 2 rings (SSSR count). The number of aryl methyl sites for hydroxylation is 1. The number of fused-ring (bicyclic) bond motifs is 1. The number of carboxylic acids is 1. The van der Waals surface area contributed by atoms with E-state index in [1.807, 2.05) is 24.3 Å². The Balaban J connectivity index is 2.39. The lowest BCUT2D eigenvalue weighted by Gasteiger charge is -2.25. The Hall–Kier alpha value is -1.35. The van der Waals surface area contributed by atoms with Crippen molar-refractivity contribution in [1.29, 1.82) is 0 Å². The maximum Gasteiger partial charge on any atom is 0.314 e. The highest BCUT2D eigenvalue weighted by atomic mass is 16.5. The molecule has 0 fully saturated rings. The fourth-order valence-electron chi connectivity index (χ4n) is 2.55. The van der Waals surface area contributed by atoms with Gasteiger partial charge in [0.15, 0.2) is 0 Å². The topological polar surface area (TPSA) is 46.5 Å². The van der Waals surface area contributed by atoms with Crippen molar-refractivity contribution in [2.45, 2.75) is 24.7 Å². The van der Waals surface area contributed by atoms with Crippen molar-refractivity contribution in [1.82, 2.24) is 0 Å². The van der Waals surface area contributed by atoms with Crippen molar-refractivity contribution in [2.24, 2.45) is 0 Å². The molecule has 1 aromatic rings. The Morgan fingerprint density at radius 3 is 2.94 bits per heavy atom. The van der Waals surface area contributed by atoms with Gasteiger partial charge in [0.25, 0.3) is 0 Å². The minimum Gasteiger partial charge on any atom is -0.481 e. The summed E-state index contributed by atoms with van der Waals surface area (Å²) >= 11 is 0. The van der Waals surface area contributed by atoms with Crippen molar-refractivity contribution < 1.29 is 14.6 Å². The van der Waals surface area contributed by atoms with E-state index in [0.29, 0.717) is 19.4 Å². The van der Waals surface area contributed by atoms with Crippen LogP contribution in [0, 0.1) is 0 Å². The lowest BCUT2D eigenvalue weighted by Crippen LogP contribution is -2.34. The summed E-state index contributed by atoms with van der Waals surface area (Å²) < 4.78 is 5.03. The average Bonchev–Trinajstić information content (AvgIpc) is 2.67. The van der Waals surface area contributed by atoms with Crippen molar-refractivity contribution in [3.05, 3.63) is 35.4 Å². The number of carbonyl (C=O) groups is 1. The molecule has 0 aromatic heterocycles. The van der Waals surface area contributed by atoms with Gasteiger partial charge in [0.1, 0.15) is 0 Å². The van der Waals surface area contributed by atoms with Crippen LogP contribution < -0.4 is 0 Å². The smallest absolute Gasteiger partial charge is 0.314 e. The molecule has 0 saturated heterocycles. The fourth-order valence-corrected chi connectivity index (χ4v) is 2.55. The number of ether oxygens (including phenoxy) is 1. The molecule has 86 valence electrons. The number of methoxy groups -OCH3 is 1. The summed E-state index contributed by atoms with van der Waals surface area (Å²) in [5, 5.41) is 9.48. The van der Waals surface area contributed by atoms with Gasteiger partial charge in [-0.25, -0.2) is 0 Å². The molecule has 1 unspecified atom stereocenters. The minimum absolute atomic E-state index is 0.487. The predicted molar refractivity (Wildman–Crippen MR) is 60.6 cm³/mol. The maximum absolute atomic E-state index is 11.5. The number of rotatable bonds is 4. The first-order valence-corrected chi connectivity index (χ1v) is 5.51. The van der Waals surface area contributed by atoms with Crippen LogP contribution >= 0.6 is 0 Å². The van der Waals surface area contributed by atoms with Crippen LogP contribution in [0.25, 0.3) is 0 Å². The number of carboxylic acid groups (broad SMARTS) is 1. The Kier molecular flexibility index (Phi) is 2.97. The van der Waals surface area contributed by atoms with E-state index in [9.17, 15) is 9.90 Å². The lowest BCUT2D eigenvalue weighted by molar-refractivity contribution is -0.144. The molecule has 3 nitrogen and oxygen atoms in total. The lowest BCUT2D eigenvalue weighted by atomic mass is 9.79. The van der Waals surface area contributed by atoms with Crippen molar-refractivity contribution in [2.75, 3.05) is 13.7 Å². The summed E-state index contributed by atoms with van der Waals surface area (Å²) in [4.78, 5) is 11.5. The van der Waals surface area contributed by atoms with Gasteiger partial charge in [-0.3, -0.25) is 4.79 Å². The monoisotopic (exact) mass is 220 g/mol. The highest BCUT2D eigenvalue weighted by Gasteiger charge is 2.44. The third kappa shape index (κ3) is 1.61. The first kappa shape index (κ1) is 11.1. The highest BCUT2D eigenvalue weighted by Crippen LogP contribution is 2.41. The van der Waals surface area contributed by atoms with Gasteiger partial charge < -0.3 is 9.84 Å². The van der Waals surface area contributed by atoms with Gasteiger partial charge in [-0.05, 0) is 30.4 Å². The zero-order valence-electron chi connectivity index (χ0n) is 9.40. The van der Waals surface area contributed by atoms with Crippen LogP contribution in [0.1, 0.15) is 24.0 Å². The van der Waals surface area contributed by atoms with Crippen molar-refractivity contribution in [3.8, 4) is 0 Å².